The summed E-state index contributed by atoms with van der Waals surface area (Å²) in [7, 11) is 0. The number of hydrogen-bond acceptors (Lipinski definition) is 5. The summed E-state index contributed by atoms with van der Waals surface area (Å²) in [6.45, 7) is 4.47. The predicted octanol–water partition coefficient (Wildman–Crippen LogP) is 1.40. The van der Waals surface area contributed by atoms with Gasteiger partial charge in [-0.15, -0.1) is 0 Å². The van der Waals surface area contributed by atoms with E-state index < -0.39 is 6.04 Å². The Bertz CT molecular complexity index is 814. The maximum absolute atomic E-state index is 12.4. The van der Waals surface area contributed by atoms with E-state index in [9.17, 15) is 9.59 Å². The van der Waals surface area contributed by atoms with Gasteiger partial charge in [-0.05, 0) is 44.2 Å². The minimum absolute atomic E-state index is 0.231. The molecule has 7 heteroatoms. The van der Waals surface area contributed by atoms with Crippen molar-refractivity contribution in [2.24, 2.45) is 0 Å². The fourth-order valence-electron chi connectivity index (χ4n) is 2.89. The summed E-state index contributed by atoms with van der Waals surface area (Å²) < 4.78 is 6.56. The van der Waals surface area contributed by atoms with Gasteiger partial charge in [-0.1, -0.05) is 6.07 Å². The quantitative estimate of drug-likeness (QED) is 0.858. The fourth-order valence-corrected chi connectivity index (χ4v) is 2.89. The lowest BCUT2D eigenvalue weighted by Gasteiger charge is -2.15. The van der Waals surface area contributed by atoms with Gasteiger partial charge in [-0.25, -0.2) is 9.67 Å². The van der Waals surface area contributed by atoms with Gasteiger partial charge in [0, 0.05) is 24.9 Å². The molecule has 7 nitrogen and oxygen atoms in total. The summed E-state index contributed by atoms with van der Waals surface area (Å²) in [4.78, 5) is 28.7. The molecule has 2 aromatic heterocycles. The van der Waals surface area contributed by atoms with Crippen molar-refractivity contribution >= 4 is 5.91 Å². The maximum Gasteiger partial charge on any atom is 0.267 e. The van der Waals surface area contributed by atoms with Crippen LogP contribution in [0.5, 0.6) is 5.88 Å². The number of aryl methyl sites for hydroxylation is 2. The first-order valence-electron chi connectivity index (χ1n) is 8.55. The number of nitrogens with one attached hydrogen (secondary N) is 1. The van der Waals surface area contributed by atoms with Crippen LogP contribution in [0.1, 0.15) is 43.1 Å². The molecule has 1 unspecified atom stereocenters. The molecule has 2 aromatic rings. The Balaban J connectivity index is 1.64. The van der Waals surface area contributed by atoms with Crippen molar-refractivity contribution in [2.45, 2.75) is 45.7 Å². The standard InChI is InChI=1S/C18H22N4O3/c1-3-25-16-8-7-13(10-19-16)11-20-18(24)12(2)22-17(23)9-14-5-4-6-15(14)21-22/h7-10,12H,3-6,11H2,1-2H3,(H,20,24). The van der Waals surface area contributed by atoms with E-state index in [2.05, 4.69) is 15.4 Å². The predicted molar refractivity (Wildman–Crippen MR) is 92.5 cm³/mol. The molecule has 0 saturated carbocycles. The Labute approximate surface area is 146 Å². The Morgan fingerprint density at radius 3 is 2.96 bits per heavy atom. The molecule has 0 saturated heterocycles. The van der Waals surface area contributed by atoms with Crippen molar-refractivity contribution < 1.29 is 9.53 Å². The van der Waals surface area contributed by atoms with Gasteiger partial charge < -0.3 is 10.1 Å². The van der Waals surface area contributed by atoms with Crippen LogP contribution >= 0.6 is 0 Å². The molecule has 1 aliphatic carbocycles. The van der Waals surface area contributed by atoms with Crippen LogP contribution in [0.15, 0.2) is 29.2 Å². The third-order valence-corrected chi connectivity index (χ3v) is 4.29. The van der Waals surface area contributed by atoms with Gasteiger partial charge in [0.25, 0.3) is 5.56 Å². The monoisotopic (exact) mass is 342 g/mol. The van der Waals surface area contributed by atoms with Crippen LogP contribution in [-0.4, -0.2) is 27.3 Å². The molecule has 25 heavy (non-hydrogen) atoms. The maximum atomic E-state index is 12.4. The molecule has 132 valence electrons. The zero-order chi connectivity index (χ0) is 17.8. The first-order valence-corrected chi connectivity index (χ1v) is 8.55. The molecule has 0 radical (unpaired) electrons. The fraction of sp³-hybridized carbons (Fsp3) is 0.444. The van der Waals surface area contributed by atoms with Crippen LogP contribution in [0, 0.1) is 0 Å². The van der Waals surface area contributed by atoms with Gasteiger partial charge in [0.2, 0.25) is 11.8 Å². The van der Waals surface area contributed by atoms with Gasteiger partial charge in [-0.3, -0.25) is 9.59 Å². The second-order valence-corrected chi connectivity index (χ2v) is 6.08. The van der Waals surface area contributed by atoms with Crippen molar-refractivity contribution in [3.8, 4) is 5.88 Å². The van der Waals surface area contributed by atoms with E-state index in [1.807, 2.05) is 13.0 Å². The van der Waals surface area contributed by atoms with E-state index >= 15 is 0 Å². The van der Waals surface area contributed by atoms with E-state index in [1.165, 1.54) is 4.68 Å². The summed E-state index contributed by atoms with van der Waals surface area (Å²) in [6.07, 6.45) is 4.43. The molecule has 2 heterocycles. The average Bonchev–Trinajstić information content (AvgIpc) is 3.07. The van der Waals surface area contributed by atoms with Crippen molar-refractivity contribution in [3.05, 3.63) is 51.6 Å². The number of carbonyl (C=O) groups excluding carboxylic acids is 1. The Hall–Kier alpha value is -2.70. The molecule has 1 atom stereocenters. The summed E-state index contributed by atoms with van der Waals surface area (Å²) >= 11 is 0. The SMILES string of the molecule is CCOc1ccc(CNC(=O)C(C)n2nc3c(cc2=O)CCC3)cn1. The molecule has 1 aliphatic rings. The molecular weight excluding hydrogens is 320 g/mol. The molecule has 0 fully saturated rings. The van der Waals surface area contributed by atoms with Gasteiger partial charge >= 0.3 is 0 Å². The van der Waals surface area contributed by atoms with Crippen molar-refractivity contribution in [1.82, 2.24) is 20.1 Å². The van der Waals surface area contributed by atoms with E-state index in [0.29, 0.717) is 19.0 Å². The number of fused-ring (bicyclic) bond motifs is 1. The molecule has 3 rings (SSSR count). The highest BCUT2D eigenvalue weighted by molar-refractivity contribution is 5.79. The Kier molecular flexibility index (Phi) is 5.11. The van der Waals surface area contributed by atoms with Crippen LogP contribution in [0.4, 0.5) is 0 Å². The van der Waals surface area contributed by atoms with Crippen LogP contribution in [0.2, 0.25) is 0 Å². The first kappa shape index (κ1) is 17.1. The van der Waals surface area contributed by atoms with Gasteiger partial charge in [0.1, 0.15) is 6.04 Å². The Morgan fingerprint density at radius 2 is 2.24 bits per heavy atom. The van der Waals surface area contributed by atoms with Crippen molar-refractivity contribution in [2.75, 3.05) is 6.61 Å². The number of aromatic nitrogens is 3. The molecule has 0 bridgehead atoms. The molecule has 0 aromatic carbocycles. The van der Waals surface area contributed by atoms with Crippen LogP contribution in [-0.2, 0) is 24.2 Å². The summed E-state index contributed by atoms with van der Waals surface area (Å²) in [6, 6.07) is 4.56. The van der Waals surface area contributed by atoms with Gasteiger partial charge in [-0.2, -0.15) is 5.10 Å². The van der Waals surface area contributed by atoms with Crippen LogP contribution in [0.3, 0.4) is 0 Å². The molecular formula is C18H22N4O3. The van der Waals surface area contributed by atoms with E-state index in [-0.39, 0.29) is 11.5 Å². The lowest BCUT2D eigenvalue weighted by molar-refractivity contribution is -0.124. The molecule has 1 amide bonds. The number of hydrogen-bond donors (Lipinski definition) is 1. The number of rotatable bonds is 6. The Morgan fingerprint density at radius 1 is 1.40 bits per heavy atom. The van der Waals surface area contributed by atoms with Crippen molar-refractivity contribution in [3.63, 3.8) is 0 Å². The highest BCUT2D eigenvalue weighted by Gasteiger charge is 2.21. The third kappa shape index (κ3) is 3.87. The number of carbonyl (C=O) groups is 1. The van der Waals surface area contributed by atoms with Gasteiger partial charge in [0.05, 0.1) is 12.3 Å². The van der Waals surface area contributed by atoms with Crippen LogP contribution in [0.25, 0.3) is 0 Å². The van der Waals surface area contributed by atoms with E-state index in [4.69, 9.17) is 4.74 Å². The second-order valence-electron chi connectivity index (χ2n) is 6.08. The largest absolute Gasteiger partial charge is 0.478 e. The normalized spacial score (nSPS) is 14.0. The van der Waals surface area contributed by atoms with E-state index in [1.54, 1.807) is 25.3 Å². The molecule has 0 aliphatic heterocycles. The van der Waals surface area contributed by atoms with Crippen LogP contribution < -0.4 is 15.6 Å². The number of amides is 1. The summed E-state index contributed by atoms with van der Waals surface area (Å²) in [5.41, 5.74) is 2.56. The first-order chi connectivity index (χ1) is 12.1. The summed E-state index contributed by atoms with van der Waals surface area (Å²) in [5, 5.41) is 7.20. The smallest absolute Gasteiger partial charge is 0.267 e. The lowest BCUT2D eigenvalue weighted by atomic mass is 10.2. The highest BCUT2D eigenvalue weighted by Crippen LogP contribution is 2.18. The number of ether oxygens (including phenoxy) is 1. The number of pyridine rings is 1. The topological polar surface area (TPSA) is 86.1 Å². The second kappa shape index (κ2) is 7.46. The minimum atomic E-state index is -0.658. The average molecular weight is 342 g/mol. The highest BCUT2D eigenvalue weighted by atomic mass is 16.5. The molecule has 1 N–H and O–H groups in total. The zero-order valence-electron chi connectivity index (χ0n) is 14.5. The van der Waals surface area contributed by atoms with Crippen molar-refractivity contribution in [1.29, 1.82) is 0 Å². The zero-order valence-corrected chi connectivity index (χ0v) is 14.5. The summed E-state index contributed by atoms with van der Waals surface area (Å²) in [5.74, 6) is 0.307. The van der Waals surface area contributed by atoms with E-state index in [0.717, 1.165) is 36.1 Å². The minimum Gasteiger partial charge on any atom is -0.478 e. The third-order valence-electron chi connectivity index (χ3n) is 4.29. The van der Waals surface area contributed by atoms with Gasteiger partial charge in [0.15, 0.2) is 0 Å². The number of nitrogens with zero attached hydrogens (tertiary/aromatic N) is 3. The lowest BCUT2D eigenvalue weighted by Crippen LogP contribution is -2.37. The molecule has 0 spiro atoms.